The lowest BCUT2D eigenvalue weighted by molar-refractivity contribution is 0.278. The number of hydrogen-bond donors (Lipinski definition) is 0. The third-order valence-corrected chi connectivity index (χ3v) is 9.15. The van der Waals surface area contributed by atoms with E-state index < -0.39 is 8.32 Å². The van der Waals surface area contributed by atoms with E-state index in [1.807, 2.05) is 6.08 Å². The summed E-state index contributed by atoms with van der Waals surface area (Å²) in [4.78, 5) is 0. The van der Waals surface area contributed by atoms with Gasteiger partial charge in [0.15, 0.2) is 8.32 Å². The van der Waals surface area contributed by atoms with E-state index in [1.54, 1.807) is 0 Å². The van der Waals surface area contributed by atoms with Gasteiger partial charge in [0.25, 0.3) is 0 Å². The Hall–Kier alpha value is -0.963. The highest BCUT2D eigenvalue weighted by molar-refractivity contribution is 6.74. The maximum absolute atomic E-state index is 6.17. The largest absolute Gasteiger partial charge is 0.417 e. The molecule has 136 valence electrons. The van der Waals surface area contributed by atoms with Crippen molar-refractivity contribution in [1.29, 1.82) is 0 Å². The van der Waals surface area contributed by atoms with Crippen LogP contribution < -0.4 is 0 Å². The maximum atomic E-state index is 6.17. The van der Waals surface area contributed by atoms with Crippen molar-refractivity contribution in [3.8, 4) is 23.7 Å². The normalized spacial score (nSPS) is 11.8. The molecular weight excluding hydrogens is 308 g/mol. The first-order chi connectivity index (χ1) is 11.3. The number of rotatable bonds is 10. The molecule has 0 spiro atoms. The van der Waals surface area contributed by atoms with Gasteiger partial charge in [0.05, 0.1) is 0 Å². The second-order valence-corrected chi connectivity index (χ2v) is 12.7. The summed E-state index contributed by atoms with van der Waals surface area (Å²) >= 11 is 0. The third-order valence-electron chi connectivity index (χ3n) is 4.61. The molecule has 0 radical (unpaired) electrons. The van der Waals surface area contributed by atoms with Crippen molar-refractivity contribution in [3.05, 3.63) is 12.2 Å². The van der Waals surface area contributed by atoms with Gasteiger partial charge in [-0.1, -0.05) is 64.9 Å². The zero-order chi connectivity index (χ0) is 18.3. The predicted octanol–water partition coefficient (Wildman–Crippen LogP) is 6.71. The first-order valence-corrected chi connectivity index (χ1v) is 12.5. The molecule has 0 bridgehead atoms. The highest BCUT2D eigenvalue weighted by Gasteiger charge is 2.36. The zero-order valence-corrected chi connectivity index (χ0v) is 17.9. The van der Waals surface area contributed by atoms with Crippen molar-refractivity contribution in [2.75, 3.05) is 6.61 Å². The van der Waals surface area contributed by atoms with Gasteiger partial charge in [-0.05, 0) is 61.7 Å². The molecule has 0 aliphatic rings. The third kappa shape index (κ3) is 12.5. The van der Waals surface area contributed by atoms with E-state index in [0.29, 0.717) is 5.04 Å². The maximum Gasteiger partial charge on any atom is 0.191 e. The van der Waals surface area contributed by atoms with Crippen LogP contribution >= 0.6 is 0 Å². The Balaban J connectivity index is 3.66. The Labute approximate surface area is 152 Å². The van der Waals surface area contributed by atoms with Gasteiger partial charge in [0.2, 0.25) is 0 Å². The summed E-state index contributed by atoms with van der Waals surface area (Å²) in [6, 6.07) is 0. The number of unbranched alkanes of at least 4 members (excludes halogenated alkanes) is 6. The lowest BCUT2D eigenvalue weighted by Crippen LogP contribution is -2.40. The van der Waals surface area contributed by atoms with E-state index in [-0.39, 0.29) is 0 Å². The van der Waals surface area contributed by atoms with E-state index in [0.717, 1.165) is 32.3 Å². The smallest absolute Gasteiger partial charge is 0.191 e. The molecule has 0 saturated heterocycles. The van der Waals surface area contributed by atoms with Crippen LogP contribution in [0.2, 0.25) is 18.1 Å². The second-order valence-electron chi connectivity index (χ2n) is 7.89. The van der Waals surface area contributed by atoms with Crippen molar-refractivity contribution in [1.82, 2.24) is 0 Å². The van der Waals surface area contributed by atoms with Crippen LogP contribution in [0.15, 0.2) is 12.2 Å². The molecule has 0 saturated carbocycles. The van der Waals surface area contributed by atoms with Gasteiger partial charge >= 0.3 is 0 Å². The minimum absolute atomic E-state index is 0.307. The zero-order valence-electron chi connectivity index (χ0n) is 16.9. The molecule has 0 N–H and O–H groups in total. The molecule has 0 amide bonds. The fourth-order valence-corrected chi connectivity index (χ4v) is 2.96. The van der Waals surface area contributed by atoms with Gasteiger partial charge < -0.3 is 4.43 Å². The molecule has 0 fully saturated rings. The molecule has 24 heavy (non-hydrogen) atoms. The summed E-state index contributed by atoms with van der Waals surface area (Å²) in [7, 11) is -1.56. The average molecular weight is 347 g/mol. The summed E-state index contributed by atoms with van der Waals surface area (Å²) < 4.78 is 6.17. The van der Waals surface area contributed by atoms with E-state index >= 15 is 0 Å². The molecule has 2 heteroatoms. The summed E-state index contributed by atoms with van der Waals surface area (Å²) in [5, 5.41) is 0.307. The van der Waals surface area contributed by atoms with Crippen LogP contribution in [-0.4, -0.2) is 14.9 Å². The Morgan fingerprint density at radius 2 is 1.71 bits per heavy atom. The molecule has 0 aromatic carbocycles. The van der Waals surface area contributed by atoms with Crippen LogP contribution in [-0.2, 0) is 4.43 Å². The highest BCUT2D eigenvalue weighted by atomic mass is 28.4. The van der Waals surface area contributed by atoms with Crippen LogP contribution in [0.3, 0.4) is 0 Å². The monoisotopic (exact) mass is 346 g/mol. The predicted molar refractivity (Wildman–Crippen MR) is 110 cm³/mol. The van der Waals surface area contributed by atoms with Crippen LogP contribution in [0, 0.1) is 23.7 Å². The van der Waals surface area contributed by atoms with Crippen LogP contribution in [0.25, 0.3) is 0 Å². The van der Waals surface area contributed by atoms with Crippen molar-refractivity contribution in [2.45, 2.75) is 97.2 Å². The van der Waals surface area contributed by atoms with E-state index in [2.05, 4.69) is 70.5 Å². The van der Waals surface area contributed by atoms with Gasteiger partial charge in [-0.25, -0.2) is 0 Å². The Kier molecular flexibility index (Phi) is 12.8. The van der Waals surface area contributed by atoms with Crippen molar-refractivity contribution in [3.63, 3.8) is 0 Å². The van der Waals surface area contributed by atoms with Crippen LogP contribution in [0.5, 0.6) is 0 Å². The molecule has 0 aliphatic carbocycles. The van der Waals surface area contributed by atoms with Gasteiger partial charge in [-0.15, -0.1) is 0 Å². The molecule has 0 heterocycles. The fourth-order valence-electron chi connectivity index (χ4n) is 1.87. The Bertz CT molecular complexity index is 460. The quantitative estimate of drug-likeness (QED) is 0.242. The molecule has 1 nitrogen and oxygen atoms in total. The lowest BCUT2D eigenvalue weighted by atomic mass is 10.2. The molecule has 0 atom stereocenters. The van der Waals surface area contributed by atoms with Gasteiger partial charge in [-0.3, -0.25) is 0 Å². The van der Waals surface area contributed by atoms with Crippen molar-refractivity contribution in [2.24, 2.45) is 0 Å². The summed E-state index contributed by atoms with van der Waals surface area (Å²) in [5.41, 5.74) is 0. The van der Waals surface area contributed by atoms with Crippen molar-refractivity contribution >= 4 is 8.32 Å². The fraction of sp³-hybridized carbons (Fsp3) is 0.727. The van der Waals surface area contributed by atoms with Gasteiger partial charge in [0.1, 0.15) is 0 Å². The SMILES string of the molecule is CCCCC/C=C\C#CC#CCCCCCO[Si](C)(C)C(C)(C)C. The Morgan fingerprint density at radius 1 is 0.958 bits per heavy atom. The lowest BCUT2D eigenvalue weighted by Gasteiger charge is -2.36. The van der Waals surface area contributed by atoms with E-state index in [9.17, 15) is 0 Å². The highest BCUT2D eigenvalue weighted by Crippen LogP contribution is 2.36. The Morgan fingerprint density at radius 3 is 2.38 bits per heavy atom. The number of hydrogen-bond acceptors (Lipinski definition) is 1. The first kappa shape index (κ1) is 23.0. The van der Waals surface area contributed by atoms with Crippen LogP contribution in [0.4, 0.5) is 0 Å². The first-order valence-electron chi connectivity index (χ1n) is 9.58. The van der Waals surface area contributed by atoms with Gasteiger partial charge in [0, 0.05) is 13.0 Å². The van der Waals surface area contributed by atoms with E-state index in [1.165, 1.54) is 25.7 Å². The molecule has 0 aromatic heterocycles. The molecule has 0 rings (SSSR count). The summed E-state index contributed by atoms with van der Waals surface area (Å²) in [6.07, 6.45) is 13.5. The topological polar surface area (TPSA) is 9.23 Å². The minimum atomic E-state index is -1.56. The number of allylic oxidation sites excluding steroid dienone is 2. The molecule has 0 unspecified atom stereocenters. The standard InChI is InChI=1S/C22H38OSi/c1-7-8-9-10-11-12-13-14-15-16-17-18-19-20-21-23-24(5,6)22(2,3)4/h11-12H,7-10,17-21H2,1-6H3/b12-11-. The average Bonchev–Trinajstić information content (AvgIpc) is 2.50. The van der Waals surface area contributed by atoms with E-state index in [4.69, 9.17) is 4.43 Å². The van der Waals surface area contributed by atoms with Crippen molar-refractivity contribution < 1.29 is 4.43 Å². The molecule has 0 aromatic rings. The summed E-state index contributed by atoms with van der Waals surface area (Å²) in [5.74, 6) is 12.0. The van der Waals surface area contributed by atoms with Gasteiger partial charge in [-0.2, -0.15) is 0 Å². The molecular formula is C22H38OSi. The second kappa shape index (κ2) is 13.3. The minimum Gasteiger partial charge on any atom is -0.417 e. The summed E-state index contributed by atoms with van der Waals surface area (Å²) in [6.45, 7) is 14.6. The molecule has 0 aliphatic heterocycles. The van der Waals surface area contributed by atoms with Crippen LogP contribution in [0.1, 0.15) is 79.1 Å².